The van der Waals surface area contributed by atoms with Gasteiger partial charge in [-0.1, -0.05) is 6.42 Å². The molecule has 0 amide bonds. The summed E-state index contributed by atoms with van der Waals surface area (Å²) in [7, 11) is 0. The van der Waals surface area contributed by atoms with E-state index < -0.39 is 5.51 Å². The standard InChI is InChI=1S/C8H14F3NS/c9-8(10,11)13-5-4-12-6-7-2-1-3-7/h7,12H,1-6H2. The van der Waals surface area contributed by atoms with E-state index in [2.05, 4.69) is 5.32 Å². The Labute approximate surface area is 80.5 Å². The zero-order valence-corrected chi connectivity index (χ0v) is 8.18. The molecule has 0 heterocycles. The summed E-state index contributed by atoms with van der Waals surface area (Å²) in [6.07, 6.45) is 3.75. The van der Waals surface area contributed by atoms with Crippen molar-refractivity contribution in [2.24, 2.45) is 5.92 Å². The van der Waals surface area contributed by atoms with Crippen LogP contribution in [0.25, 0.3) is 0 Å². The van der Waals surface area contributed by atoms with E-state index in [4.69, 9.17) is 0 Å². The smallest absolute Gasteiger partial charge is 0.316 e. The van der Waals surface area contributed by atoms with Gasteiger partial charge in [-0.3, -0.25) is 0 Å². The summed E-state index contributed by atoms with van der Waals surface area (Å²) in [5.74, 6) is 0.840. The van der Waals surface area contributed by atoms with Crippen LogP contribution in [0, 0.1) is 5.92 Å². The van der Waals surface area contributed by atoms with Crippen LogP contribution in [0.3, 0.4) is 0 Å². The Kier molecular flexibility index (Phi) is 4.38. The maximum Gasteiger partial charge on any atom is 0.441 e. The van der Waals surface area contributed by atoms with E-state index in [1.165, 1.54) is 19.3 Å². The third-order valence-corrected chi connectivity index (χ3v) is 2.94. The normalized spacial score (nSPS) is 18.7. The summed E-state index contributed by atoms with van der Waals surface area (Å²) in [4.78, 5) is 0. The minimum atomic E-state index is -4.07. The number of hydrogen-bond acceptors (Lipinski definition) is 2. The second-order valence-electron chi connectivity index (χ2n) is 3.30. The maximum atomic E-state index is 11.7. The second-order valence-corrected chi connectivity index (χ2v) is 4.46. The number of halogens is 3. The van der Waals surface area contributed by atoms with Crippen LogP contribution in [0.1, 0.15) is 19.3 Å². The Balaban J connectivity index is 1.83. The zero-order chi connectivity index (χ0) is 9.73. The number of alkyl halides is 3. The predicted molar refractivity (Wildman–Crippen MR) is 48.7 cm³/mol. The maximum absolute atomic E-state index is 11.7. The highest BCUT2D eigenvalue weighted by Gasteiger charge is 2.27. The molecule has 0 spiro atoms. The molecular formula is C8H14F3NS. The Morgan fingerprint density at radius 3 is 2.46 bits per heavy atom. The highest BCUT2D eigenvalue weighted by Crippen LogP contribution is 2.29. The number of hydrogen-bond donors (Lipinski definition) is 1. The second kappa shape index (κ2) is 5.10. The van der Waals surface area contributed by atoms with E-state index in [0.29, 0.717) is 6.54 Å². The van der Waals surface area contributed by atoms with Crippen molar-refractivity contribution in [3.8, 4) is 0 Å². The van der Waals surface area contributed by atoms with Crippen molar-refractivity contribution < 1.29 is 13.2 Å². The average Bonchev–Trinajstić information content (AvgIpc) is 1.90. The van der Waals surface area contributed by atoms with Crippen molar-refractivity contribution >= 4 is 11.8 Å². The lowest BCUT2D eigenvalue weighted by molar-refractivity contribution is -0.0327. The highest BCUT2D eigenvalue weighted by atomic mass is 32.2. The van der Waals surface area contributed by atoms with Gasteiger partial charge in [-0.25, -0.2) is 0 Å². The molecule has 1 fully saturated rings. The van der Waals surface area contributed by atoms with Gasteiger partial charge in [0.25, 0.3) is 0 Å². The minimum absolute atomic E-state index is 0.0484. The average molecular weight is 213 g/mol. The zero-order valence-electron chi connectivity index (χ0n) is 7.36. The molecule has 0 aromatic carbocycles. The van der Waals surface area contributed by atoms with Gasteiger partial charge in [0.15, 0.2) is 0 Å². The molecule has 0 aromatic heterocycles. The number of rotatable bonds is 5. The largest absolute Gasteiger partial charge is 0.441 e. The minimum Gasteiger partial charge on any atom is -0.316 e. The van der Waals surface area contributed by atoms with E-state index in [9.17, 15) is 13.2 Å². The molecular weight excluding hydrogens is 199 g/mol. The van der Waals surface area contributed by atoms with E-state index >= 15 is 0 Å². The third-order valence-electron chi connectivity index (χ3n) is 2.20. The topological polar surface area (TPSA) is 12.0 Å². The van der Waals surface area contributed by atoms with E-state index in [-0.39, 0.29) is 17.5 Å². The van der Waals surface area contributed by atoms with Crippen molar-refractivity contribution in [1.29, 1.82) is 0 Å². The summed E-state index contributed by atoms with van der Waals surface area (Å²) >= 11 is 0.0484. The molecule has 1 aliphatic carbocycles. The summed E-state index contributed by atoms with van der Waals surface area (Å²) in [5, 5.41) is 3.04. The molecule has 5 heteroatoms. The van der Waals surface area contributed by atoms with Crippen LogP contribution in [-0.4, -0.2) is 24.4 Å². The summed E-state index contributed by atoms with van der Waals surface area (Å²) < 4.78 is 35.0. The van der Waals surface area contributed by atoms with Crippen molar-refractivity contribution in [3.05, 3.63) is 0 Å². The number of thioether (sulfide) groups is 1. The molecule has 0 aliphatic heterocycles. The molecule has 0 atom stereocenters. The van der Waals surface area contributed by atoms with Gasteiger partial charge >= 0.3 is 5.51 Å². The molecule has 0 radical (unpaired) electrons. The van der Waals surface area contributed by atoms with Crippen molar-refractivity contribution in [3.63, 3.8) is 0 Å². The molecule has 0 saturated heterocycles. The third kappa shape index (κ3) is 5.41. The lowest BCUT2D eigenvalue weighted by Gasteiger charge is -2.25. The van der Waals surface area contributed by atoms with Crippen LogP contribution >= 0.6 is 11.8 Å². The van der Waals surface area contributed by atoms with Crippen LogP contribution in [0.15, 0.2) is 0 Å². The predicted octanol–water partition coefficient (Wildman–Crippen LogP) is 2.63. The fourth-order valence-electron chi connectivity index (χ4n) is 1.24. The van der Waals surface area contributed by atoms with E-state index in [1.807, 2.05) is 0 Å². The molecule has 13 heavy (non-hydrogen) atoms. The van der Waals surface area contributed by atoms with E-state index in [0.717, 1.165) is 12.5 Å². The summed E-state index contributed by atoms with van der Waals surface area (Å²) in [6, 6.07) is 0. The van der Waals surface area contributed by atoms with Crippen molar-refractivity contribution in [1.82, 2.24) is 5.32 Å². The molecule has 1 saturated carbocycles. The van der Waals surface area contributed by atoms with Gasteiger partial charge in [0, 0.05) is 12.3 Å². The molecule has 0 unspecified atom stereocenters. The first-order chi connectivity index (χ1) is 6.08. The molecule has 0 aromatic rings. The molecule has 1 rings (SSSR count). The van der Waals surface area contributed by atoms with Gasteiger partial charge in [-0.05, 0) is 37.1 Å². The van der Waals surface area contributed by atoms with E-state index in [1.54, 1.807) is 0 Å². The Morgan fingerprint density at radius 1 is 1.31 bits per heavy atom. The fraction of sp³-hybridized carbons (Fsp3) is 1.00. The Morgan fingerprint density at radius 2 is 2.00 bits per heavy atom. The first-order valence-electron chi connectivity index (χ1n) is 4.49. The number of nitrogens with one attached hydrogen (secondary N) is 1. The lowest BCUT2D eigenvalue weighted by atomic mass is 9.85. The SMILES string of the molecule is FC(F)(F)SCCNCC1CCC1. The summed E-state index contributed by atoms with van der Waals surface area (Å²) in [6.45, 7) is 1.35. The van der Waals surface area contributed by atoms with Gasteiger partial charge in [0.1, 0.15) is 0 Å². The lowest BCUT2D eigenvalue weighted by Crippen LogP contribution is -2.29. The molecule has 1 nitrogen and oxygen atoms in total. The van der Waals surface area contributed by atoms with Crippen LogP contribution in [0.4, 0.5) is 13.2 Å². The molecule has 78 valence electrons. The molecule has 0 bridgehead atoms. The van der Waals surface area contributed by atoms with Crippen LogP contribution < -0.4 is 5.32 Å². The van der Waals surface area contributed by atoms with Gasteiger partial charge in [-0.2, -0.15) is 13.2 Å². The fourth-order valence-corrected chi connectivity index (χ4v) is 1.72. The first kappa shape index (κ1) is 11.2. The van der Waals surface area contributed by atoms with Crippen molar-refractivity contribution in [2.45, 2.75) is 24.8 Å². The van der Waals surface area contributed by atoms with Gasteiger partial charge in [-0.15, -0.1) is 0 Å². The van der Waals surface area contributed by atoms with Gasteiger partial charge in [0.05, 0.1) is 0 Å². The van der Waals surface area contributed by atoms with Crippen LogP contribution in [0.5, 0.6) is 0 Å². The quantitative estimate of drug-likeness (QED) is 0.704. The first-order valence-corrected chi connectivity index (χ1v) is 5.48. The highest BCUT2D eigenvalue weighted by molar-refractivity contribution is 8.00. The van der Waals surface area contributed by atoms with Gasteiger partial charge in [0.2, 0.25) is 0 Å². The monoisotopic (exact) mass is 213 g/mol. The van der Waals surface area contributed by atoms with Crippen LogP contribution in [0.2, 0.25) is 0 Å². The molecule has 1 aliphatic rings. The molecule has 1 N–H and O–H groups in total. The van der Waals surface area contributed by atoms with Crippen molar-refractivity contribution in [2.75, 3.05) is 18.8 Å². The Bertz CT molecular complexity index is 145. The van der Waals surface area contributed by atoms with Crippen LogP contribution in [-0.2, 0) is 0 Å². The summed E-state index contributed by atoms with van der Waals surface area (Å²) in [5.41, 5.74) is -4.07. The van der Waals surface area contributed by atoms with Gasteiger partial charge < -0.3 is 5.32 Å². The Hall–Kier alpha value is 0.1000.